The Labute approximate surface area is 109 Å². The third-order valence-electron chi connectivity index (χ3n) is 3.55. The summed E-state index contributed by atoms with van der Waals surface area (Å²) in [6.45, 7) is 4.01. The molecule has 1 amide bonds. The van der Waals surface area contributed by atoms with Crippen LogP contribution in [0, 0.1) is 5.92 Å². The molecule has 1 aromatic carbocycles. The van der Waals surface area contributed by atoms with Gasteiger partial charge in [0, 0.05) is 38.4 Å². The van der Waals surface area contributed by atoms with Gasteiger partial charge >= 0.3 is 0 Å². The van der Waals surface area contributed by atoms with Crippen molar-refractivity contribution in [3.8, 4) is 0 Å². The summed E-state index contributed by atoms with van der Waals surface area (Å²) in [6, 6.07) is 7.86. The van der Waals surface area contributed by atoms with Crippen LogP contribution in [0.5, 0.6) is 0 Å². The fraction of sp³-hybridized carbons (Fsp3) is 0.533. The highest BCUT2D eigenvalue weighted by Gasteiger charge is 2.22. The highest BCUT2D eigenvalue weighted by molar-refractivity contribution is 5.95. The minimum atomic E-state index is 0.172. The first kappa shape index (κ1) is 12.9. The number of rotatable bonds is 2. The standard InChI is InChI=1S/C15H22N2O/c1-12-6-5-9-17(11-12)15(18)13-7-4-8-14(10-13)16(2)3/h4,7-8,10,12H,5-6,9,11H2,1-3H3/t12-/m0/s1. The molecule has 18 heavy (non-hydrogen) atoms. The molecular formula is C15H22N2O. The van der Waals surface area contributed by atoms with E-state index < -0.39 is 0 Å². The van der Waals surface area contributed by atoms with Gasteiger partial charge in [0.05, 0.1) is 0 Å². The second-order valence-electron chi connectivity index (χ2n) is 5.44. The Morgan fingerprint density at radius 1 is 1.39 bits per heavy atom. The smallest absolute Gasteiger partial charge is 0.253 e. The highest BCUT2D eigenvalue weighted by Crippen LogP contribution is 2.20. The second-order valence-corrected chi connectivity index (χ2v) is 5.44. The number of carbonyl (C=O) groups is 1. The van der Waals surface area contributed by atoms with E-state index in [0.29, 0.717) is 5.92 Å². The Bertz CT molecular complexity index is 428. The van der Waals surface area contributed by atoms with Gasteiger partial charge in [-0.25, -0.2) is 0 Å². The average Bonchev–Trinajstić information content (AvgIpc) is 2.38. The van der Waals surface area contributed by atoms with Gasteiger partial charge in [0.1, 0.15) is 0 Å². The third kappa shape index (κ3) is 2.84. The van der Waals surface area contributed by atoms with Crippen LogP contribution < -0.4 is 4.90 Å². The molecule has 3 nitrogen and oxygen atoms in total. The van der Waals surface area contributed by atoms with Crippen LogP contribution in [0.3, 0.4) is 0 Å². The van der Waals surface area contributed by atoms with Gasteiger partial charge in [0.25, 0.3) is 5.91 Å². The van der Waals surface area contributed by atoms with Gasteiger partial charge in [-0.3, -0.25) is 4.79 Å². The summed E-state index contributed by atoms with van der Waals surface area (Å²) in [4.78, 5) is 16.4. The number of piperidine rings is 1. The summed E-state index contributed by atoms with van der Waals surface area (Å²) in [5.74, 6) is 0.796. The van der Waals surface area contributed by atoms with E-state index in [9.17, 15) is 4.79 Å². The Balaban J connectivity index is 2.15. The van der Waals surface area contributed by atoms with E-state index in [-0.39, 0.29) is 5.91 Å². The minimum Gasteiger partial charge on any atom is -0.378 e. The molecule has 0 spiro atoms. The van der Waals surface area contributed by atoms with Crippen molar-refractivity contribution >= 4 is 11.6 Å². The molecule has 98 valence electrons. The van der Waals surface area contributed by atoms with Crippen molar-refractivity contribution in [3.05, 3.63) is 29.8 Å². The van der Waals surface area contributed by atoms with Gasteiger partial charge in [-0.1, -0.05) is 13.0 Å². The van der Waals surface area contributed by atoms with Crippen LogP contribution in [0.4, 0.5) is 5.69 Å². The highest BCUT2D eigenvalue weighted by atomic mass is 16.2. The topological polar surface area (TPSA) is 23.6 Å². The first-order valence-corrected chi connectivity index (χ1v) is 6.64. The molecule has 1 saturated heterocycles. The van der Waals surface area contributed by atoms with Crippen molar-refractivity contribution < 1.29 is 4.79 Å². The molecule has 1 aliphatic rings. The van der Waals surface area contributed by atoms with E-state index in [2.05, 4.69) is 6.92 Å². The van der Waals surface area contributed by atoms with Gasteiger partial charge in [-0.2, -0.15) is 0 Å². The summed E-state index contributed by atoms with van der Waals surface area (Å²) in [6.07, 6.45) is 2.36. The molecule has 0 bridgehead atoms. The Hall–Kier alpha value is -1.51. The summed E-state index contributed by atoms with van der Waals surface area (Å²) >= 11 is 0. The van der Waals surface area contributed by atoms with Gasteiger partial charge in [0.2, 0.25) is 0 Å². The molecule has 0 aromatic heterocycles. The van der Waals surface area contributed by atoms with E-state index in [0.717, 1.165) is 30.8 Å². The number of hydrogen-bond donors (Lipinski definition) is 0. The van der Waals surface area contributed by atoms with Crippen LogP contribution in [0.1, 0.15) is 30.1 Å². The summed E-state index contributed by atoms with van der Waals surface area (Å²) in [5, 5.41) is 0. The van der Waals surface area contributed by atoms with Crippen molar-refractivity contribution in [1.29, 1.82) is 0 Å². The first-order chi connectivity index (χ1) is 8.58. The lowest BCUT2D eigenvalue weighted by atomic mass is 9.99. The largest absolute Gasteiger partial charge is 0.378 e. The molecule has 0 radical (unpaired) electrons. The molecular weight excluding hydrogens is 224 g/mol. The molecule has 1 fully saturated rings. The zero-order valence-corrected chi connectivity index (χ0v) is 11.5. The predicted octanol–water partition coefficient (Wildman–Crippen LogP) is 2.62. The molecule has 0 saturated carbocycles. The maximum Gasteiger partial charge on any atom is 0.253 e. The van der Waals surface area contributed by atoms with Crippen LogP contribution in [0.15, 0.2) is 24.3 Å². The number of amides is 1. The molecule has 1 heterocycles. The molecule has 0 unspecified atom stereocenters. The quantitative estimate of drug-likeness (QED) is 0.801. The number of benzene rings is 1. The maximum atomic E-state index is 12.4. The molecule has 0 aliphatic carbocycles. The van der Waals surface area contributed by atoms with E-state index in [1.165, 1.54) is 6.42 Å². The fourth-order valence-corrected chi connectivity index (χ4v) is 2.47. The summed E-state index contributed by atoms with van der Waals surface area (Å²) in [5.41, 5.74) is 1.88. The van der Waals surface area contributed by atoms with E-state index in [1.54, 1.807) is 0 Å². The van der Waals surface area contributed by atoms with Crippen LogP contribution in [0.2, 0.25) is 0 Å². The van der Waals surface area contributed by atoms with Crippen LogP contribution in [-0.4, -0.2) is 38.0 Å². The third-order valence-corrected chi connectivity index (χ3v) is 3.55. The van der Waals surface area contributed by atoms with Crippen molar-refractivity contribution in [3.63, 3.8) is 0 Å². The number of hydrogen-bond acceptors (Lipinski definition) is 2. The Morgan fingerprint density at radius 2 is 2.17 bits per heavy atom. The van der Waals surface area contributed by atoms with Crippen molar-refractivity contribution in [2.75, 3.05) is 32.1 Å². The molecule has 3 heteroatoms. The summed E-state index contributed by atoms with van der Waals surface area (Å²) in [7, 11) is 3.99. The molecule has 0 N–H and O–H groups in total. The lowest BCUT2D eigenvalue weighted by molar-refractivity contribution is 0.0683. The normalized spacial score (nSPS) is 19.7. The second kappa shape index (κ2) is 5.42. The molecule has 1 aliphatic heterocycles. The number of nitrogens with zero attached hydrogens (tertiary/aromatic N) is 2. The lowest BCUT2D eigenvalue weighted by Gasteiger charge is -2.31. The van der Waals surface area contributed by atoms with E-state index in [1.807, 2.05) is 48.2 Å². The Morgan fingerprint density at radius 3 is 2.83 bits per heavy atom. The summed E-state index contributed by atoms with van der Waals surface area (Å²) < 4.78 is 0. The van der Waals surface area contributed by atoms with Crippen LogP contribution in [-0.2, 0) is 0 Å². The van der Waals surface area contributed by atoms with Gasteiger partial charge in [-0.15, -0.1) is 0 Å². The maximum absolute atomic E-state index is 12.4. The molecule has 1 atom stereocenters. The van der Waals surface area contributed by atoms with Gasteiger partial charge in [0.15, 0.2) is 0 Å². The zero-order valence-electron chi connectivity index (χ0n) is 11.5. The average molecular weight is 246 g/mol. The zero-order chi connectivity index (χ0) is 13.1. The minimum absolute atomic E-state index is 0.172. The van der Waals surface area contributed by atoms with Crippen molar-refractivity contribution in [1.82, 2.24) is 4.90 Å². The lowest BCUT2D eigenvalue weighted by Crippen LogP contribution is -2.39. The van der Waals surface area contributed by atoms with Crippen molar-refractivity contribution in [2.24, 2.45) is 5.92 Å². The van der Waals surface area contributed by atoms with Gasteiger partial charge < -0.3 is 9.80 Å². The fourth-order valence-electron chi connectivity index (χ4n) is 2.47. The Kier molecular flexibility index (Phi) is 3.90. The van der Waals surface area contributed by atoms with E-state index >= 15 is 0 Å². The van der Waals surface area contributed by atoms with Crippen LogP contribution >= 0.6 is 0 Å². The van der Waals surface area contributed by atoms with E-state index in [4.69, 9.17) is 0 Å². The monoisotopic (exact) mass is 246 g/mol. The number of anilines is 1. The number of likely N-dealkylation sites (tertiary alicyclic amines) is 1. The first-order valence-electron chi connectivity index (χ1n) is 6.64. The molecule has 2 rings (SSSR count). The van der Waals surface area contributed by atoms with Crippen molar-refractivity contribution in [2.45, 2.75) is 19.8 Å². The van der Waals surface area contributed by atoms with Crippen LogP contribution in [0.25, 0.3) is 0 Å². The number of carbonyl (C=O) groups excluding carboxylic acids is 1. The predicted molar refractivity (Wildman–Crippen MR) is 75.1 cm³/mol. The van der Waals surface area contributed by atoms with Gasteiger partial charge in [-0.05, 0) is 37.0 Å². The SMILES string of the molecule is C[C@H]1CCCN(C(=O)c2cccc(N(C)C)c2)C1. The molecule has 1 aromatic rings.